The van der Waals surface area contributed by atoms with Crippen LogP contribution in [-0.2, 0) is 17.9 Å². The Morgan fingerprint density at radius 3 is 2.15 bits per heavy atom. The quantitative estimate of drug-likeness (QED) is 0.676. The van der Waals surface area contributed by atoms with Crippen LogP contribution in [0.3, 0.4) is 0 Å². The zero-order valence-electron chi connectivity index (χ0n) is 16.6. The number of carbonyl (C=O) groups is 1. The summed E-state index contributed by atoms with van der Waals surface area (Å²) in [6, 6.07) is 9.98. The summed E-state index contributed by atoms with van der Waals surface area (Å²) in [5.74, 6) is 0.772. The van der Waals surface area contributed by atoms with Crippen LogP contribution in [-0.4, -0.2) is 36.0 Å². The van der Waals surface area contributed by atoms with Crippen molar-refractivity contribution in [2.75, 3.05) is 13.1 Å². The maximum atomic E-state index is 12.3. The third-order valence-electron chi connectivity index (χ3n) is 5.86. The van der Waals surface area contributed by atoms with Crippen LogP contribution in [0.25, 0.3) is 0 Å². The van der Waals surface area contributed by atoms with Crippen LogP contribution in [0.2, 0.25) is 0 Å². The lowest BCUT2D eigenvalue weighted by molar-refractivity contribution is -0.122. The minimum atomic E-state index is 0. The van der Waals surface area contributed by atoms with Crippen LogP contribution < -0.4 is 10.6 Å². The van der Waals surface area contributed by atoms with E-state index >= 15 is 0 Å². The minimum Gasteiger partial charge on any atom is -0.352 e. The number of hydrogen-bond donors (Lipinski definition) is 2. The van der Waals surface area contributed by atoms with E-state index in [2.05, 4.69) is 53.6 Å². The Balaban J connectivity index is 0.00000182. The van der Waals surface area contributed by atoms with E-state index in [4.69, 9.17) is 0 Å². The number of fused-ring (bicyclic) bond motifs is 2. The first-order chi connectivity index (χ1) is 12.2. The monoisotopic (exact) mass is 415 g/mol. The molecule has 1 aromatic carbocycles. The molecule has 0 aliphatic carbocycles. The SMILES string of the molecule is CCN(CC)Cc1ccc(CNC(=O)CC2CC3CCC(C2)N3)cc1.Cl.Cl. The highest BCUT2D eigenvalue weighted by molar-refractivity contribution is 5.85. The second-order valence-corrected chi connectivity index (χ2v) is 7.73. The van der Waals surface area contributed by atoms with Gasteiger partial charge < -0.3 is 10.6 Å². The average molecular weight is 416 g/mol. The highest BCUT2D eigenvalue weighted by Crippen LogP contribution is 2.32. The van der Waals surface area contributed by atoms with Gasteiger partial charge in [-0.15, -0.1) is 24.8 Å². The van der Waals surface area contributed by atoms with Gasteiger partial charge in [-0.2, -0.15) is 0 Å². The summed E-state index contributed by atoms with van der Waals surface area (Å²) in [6.45, 7) is 8.18. The van der Waals surface area contributed by atoms with Gasteiger partial charge in [-0.1, -0.05) is 38.1 Å². The van der Waals surface area contributed by atoms with Crippen molar-refractivity contribution >= 4 is 30.7 Å². The molecule has 1 aromatic rings. The van der Waals surface area contributed by atoms with Crippen molar-refractivity contribution < 1.29 is 4.79 Å². The van der Waals surface area contributed by atoms with Gasteiger partial charge in [0, 0.05) is 31.6 Å². The molecule has 2 N–H and O–H groups in total. The fraction of sp³-hybridized carbons (Fsp3) is 0.667. The summed E-state index contributed by atoms with van der Waals surface area (Å²) < 4.78 is 0. The van der Waals surface area contributed by atoms with Crippen LogP contribution >= 0.6 is 24.8 Å². The molecule has 2 aliphatic heterocycles. The molecular formula is C21H35Cl2N3O. The Labute approximate surface area is 176 Å². The number of benzene rings is 1. The number of hydrogen-bond acceptors (Lipinski definition) is 3. The van der Waals surface area contributed by atoms with Crippen molar-refractivity contribution in [3.05, 3.63) is 35.4 Å². The van der Waals surface area contributed by atoms with Crippen molar-refractivity contribution in [3.63, 3.8) is 0 Å². The second-order valence-electron chi connectivity index (χ2n) is 7.73. The van der Waals surface area contributed by atoms with Gasteiger partial charge in [0.15, 0.2) is 0 Å². The highest BCUT2D eigenvalue weighted by atomic mass is 35.5. The second kappa shape index (κ2) is 11.9. The molecule has 2 bridgehead atoms. The summed E-state index contributed by atoms with van der Waals surface area (Å²) in [5.41, 5.74) is 2.52. The van der Waals surface area contributed by atoms with Crippen LogP contribution in [0.4, 0.5) is 0 Å². The van der Waals surface area contributed by atoms with Gasteiger partial charge >= 0.3 is 0 Å². The third-order valence-corrected chi connectivity index (χ3v) is 5.86. The normalized spacial score (nSPS) is 23.4. The van der Waals surface area contributed by atoms with Crippen molar-refractivity contribution in [1.29, 1.82) is 0 Å². The number of carbonyl (C=O) groups excluding carboxylic acids is 1. The molecule has 4 nitrogen and oxygen atoms in total. The van der Waals surface area contributed by atoms with E-state index in [0.717, 1.165) is 19.6 Å². The summed E-state index contributed by atoms with van der Waals surface area (Å²) in [6.07, 6.45) is 5.62. The molecule has 0 aromatic heterocycles. The number of nitrogens with one attached hydrogen (secondary N) is 2. The Morgan fingerprint density at radius 1 is 1.04 bits per heavy atom. The first-order valence-electron chi connectivity index (χ1n) is 9.99. The van der Waals surface area contributed by atoms with E-state index in [1.807, 2.05) is 0 Å². The Hall–Kier alpha value is -0.810. The largest absolute Gasteiger partial charge is 0.352 e. The Bertz CT molecular complexity index is 551. The van der Waals surface area contributed by atoms with Gasteiger partial charge in [0.05, 0.1) is 0 Å². The minimum absolute atomic E-state index is 0. The molecule has 2 fully saturated rings. The third kappa shape index (κ3) is 7.26. The summed E-state index contributed by atoms with van der Waals surface area (Å²) in [5, 5.41) is 6.75. The highest BCUT2D eigenvalue weighted by Gasteiger charge is 2.34. The number of nitrogens with zero attached hydrogens (tertiary/aromatic N) is 1. The summed E-state index contributed by atoms with van der Waals surface area (Å²) >= 11 is 0. The molecule has 27 heavy (non-hydrogen) atoms. The molecule has 6 heteroatoms. The van der Waals surface area contributed by atoms with Crippen LogP contribution in [0.15, 0.2) is 24.3 Å². The molecule has 2 atom stereocenters. The molecule has 2 heterocycles. The summed E-state index contributed by atoms with van der Waals surface area (Å²) in [7, 11) is 0. The van der Waals surface area contributed by atoms with E-state index in [-0.39, 0.29) is 30.7 Å². The molecule has 0 radical (unpaired) electrons. The van der Waals surface area contributed by atoms with Gasteiger partial charge in [-0.3, -0.25) is 9.69 Å². The molecular weight excluding hydrogens is 381 g/mol. The maximum Gasteiger partial charge on any atom is 0.220 e. The Morgan fingerprint density at radius 2 is 1.59 bits per heavy atom. The van der Waals surface area contributed by atoms with E-state index in [0.29, 0.717) is 31.0 Å². The van der Waals surface area contributed by atoms with Crippen LogP contribution in [0, 0.1) is 5.92 Å². The number of amides is 1. The standard InChI is InChI=1S/C21H33N3O.2ClH/c1-3-24(4-2)15-17-7-5-16(6-8-17)14-22-21(25)13-18-11-19-9-10-20(12-18)23-19;;/h5-8,18-20,23H,3-4,9-15H2,1-2H3,(H,22,25);2*1H. The zero-order valence-corrected chi connectivity index (χ0v) is 18.2. The lowest BCUT2D eigenvalue weighted by Gasteiger charge is -2.28. The molecule has 1 amide bonds. The van der Waals surface area contributed by atoms with Gasteiger partial charge in [0.1, 0.15) is 0 Å². The van der Waals surface area contributed by atoms with Crippen molar-refractivity contribution in [2.24, 2.45) is 5.92 Å². The molecule has 2 saturated heterocycles. The first-order valence-corrected chi connectivity index (χ1v) is 9.99. The van der Waals surface area contributed by atoms with E-state index < -0.39 is 0 Å². The average Bonchev–Trinajstić information content (AvgIpc) is 2.97. The molecule has 0 spiro atoms. The van der Waals surface area contributed by atoms with Gasteiger partial charge in [0.2, 0.25) is 5.91 Å². The van der Waals surface area contributed by atoms with Crippen molar-refractivity contribution in [3.8, 4) is 0 Å². The fourth-order valence-electron chi connectivity index (χ4n) is 4.34. The smallest absolute Gasteiger partial charge is 0.220 e. The Kier molecular flexibility index (Phi) is 10.7. The first kappa shape index (κ1) is 24.2. The van der Waals surface area contributed by atoms with Crippen molar-refractivity contribution in [1.82, 2.24) is 15.5 Å². The zero-order chi connectivity index (χ0) is 17.6. The molecule has 2 aliphatic rings. The van der Waals surface area contributed by atoms with Crippen LogP contribution in [0.1, 0.15) is 57.1 Å². The summed E-state index contributed by atoms with van der Waals surface area (Å²) in [4.78, 5) is 14.7. The topological polar surface area (TPSA) is 44.4 Å². The van der Waals surface area contributed by atoms with E-state index in [1.165, 1.54) is 36.8 Å². The molecule has 0 saturated carbocycles. The number of halogens is 2. The predicted octanol–water partition coefficient (Wildman–Crippen LogP) is 3.91. The van der Waals surface area contributed by atoms with E-state index in [9.17, 15) is 4.79 Å². The van der Waals surface area contributed by atoms with E-state index in [1.54, 1.807) is 0 Å². The van der Waals surface area contributed by atoms with Gasteiger partial charge in [-0.05, 0) is 55.8 Å². The van der Waals surface area contributed by atoms with Gasteiger partial charge in [-0.25, -0.2) is 0 Å². The predicted molar refractivity (Wildman–Crippen MR) is 117 cm³/mol. The molecule has 3 rings (SSSR count). The number of piperidine rings is 1. The lowest BCUT2D eigenvalue weighted by atomic mass is 9.89. The molecule has 154 valence electrons. The van der Waals surface area contributed by atoms with Crippen LogP contribution in [0.5, 0.6) is 0 Å². The van der Waals surface area contributed by atoms with Crippen molar-refractivity contribution in [2.45, 2.75) is 71.1 Å². The molecule has 2 unspecified atom stereocenters. The van der Waals surface area contributed by atoms with Gasteiger partial charge in [0.25, 0.3) is 0 Å². The number of rotatable bonds is 8. The fourth-order valence-corrected chi connectivity index (χ4v) is 4.34. The lowest BCUT2D eigenvalue weighted by Crippen LogP contribution is -2.39. The maximum absolute atomic E-state index is 12.3.